The van der Waals surface area contributed by atoms with Gasteiger partial charge in [-0.05, 0) is 25.1 Å². The number of aromatic nitrogens is 4. The standard InChI is InChI=1S/C22H28FN5O2/c1-16-17(13-26(2)24-16)14-28-9-11-30-22(15-28)20-12-18(27(3)25-20)8-10-29-21-7-5-4-6-19(21)23/h4-7,12-13,22H,8-11,14-15H2,1-3H3/t22-/m0/s1. The van der Waals surface area contributed by atoms with Crippen LogP contribution in [0.2, 0.25) is 0 Å². The van der Waals surface area contributed by atoms with Gasteiger partial charge in [0.25, 0.3) is 0 Å². The van der Waals surface area contributed by atoms with Crippen LogP contribution >= 0.6 is 0 Å². The fourth-order valence-corrected chi connectivity index (χ4v) is 3.82. The van der Waals surface area contributed by atoms with Gasteiger partial charge in [0.05, 0.1) is 24.6 Å². The highest BCUT2D eigenvalue weighted by atomic mass is 19.1. The Kier molecular flexibility index (Phi) is 6.15. The maximum atomic E-state index is 13.7. The van der Waals surface area contributed by atoms with Gasteiger partial charge in [-0.15, -0.1) is 0 Å². The Labute approximate surface area is 176 Å². The van der Waals surface area contributed by atoms with Crippen molar-refractivity contribution < 1.29 is 13.9 Å². The van der Waals surface area contributed by atoms with Crippen LogP contribution < -0.4 is 4.74 Å². The summed E-state index contributed by atoms with van der Waals surface area (Å²) >= 11 is 0. The van der Waals surface area contributed by atoms with E-state index in [1.165, 1.54) is 11.6 Å². The van der Waals surface area contributed by atoms with Gasteiger partial charge in [-0.2, -0.15) is 10.2 Å². The van der Waals surface area contributed by atoms with E-state index in [1.54, 1.807) is 18.2 Å². The predicted octanol–water partition coefficient (Wildman–Crippen LogP) is 2.80. The molecule has 1 aliphatic heterocycles. The maximum absolute atomic E-state index is 13.7. The number of para-hydroxylation sites is 1. The highest BCUT2D eigenvalue weighted by Gasteiger charge is 2.25. The molecule has 1 atom stereocenters. The monoisotopic (exact) mass is 413 g/mol. The summed E-state index contributed by atoms with van der Waals surface area (Å²) in [7, 11) is 3.87. The molecule has 0 amide bonds. The van der Waals surface area contributed by atoms with Crippen LogP contribution in [0.5, 0.6) is 5.75 Å². The van der Waals surface area contributed by atoms with Gasteiger partial charge in [-0.3, -0.25) is 14.3 Å². The van der Waals surface area contributed by atoms with Crippen molar-refractivity contribution in [3.8, 4) is 5.75 Å². The molecule has 3 aromatic rings. The van der Waals surface area contributed by atoms with Crippen molar-refractivity contribution in [3.63, 3.8) is 0 Å². The van der Waals surface area contributed by atoms with Crippen molar-refractivity contribution in [2.24, 2.45) is 14.1 Å². The summed E-state index contributed by atoms with van der Waals surface area (Å²) in [5, 5.41) is 9.09. The van der Waals surface area contributed by atoms with Crippen molar-refractivity contribution in [1.29, 1.82) is 0 Å². The first-order chi connectivity index (χ1) is 14.5. The summed E-state index contributed by atoms with van der Waals surface area (Å²) in [5.74, 6) is -0.0698. The molecule has 0 bridgehead atoms. The fraction of sp³-hybridized carbons (Fsp3) is 0.455. The lowest BCUT2D eigenvalue weighted by molar-refractivity contribution is -0.0352. The third-order valence-corrected chi connectivity index (χ3v) is 5.44. The molecule has 0 N–H and O–H groups in total. The van der Waals surface area contributed by atoms with Crippen LogP contribution in [0.1, 0.15) is 28.7 Å². The largest absolute Gasteiger partial charge is 0.490 e. The van der Waals surface area contributed by atoms with Gasteiger partial charge in [0.15, 0.2) is 11.6 Å². The number of hydrogen-bond acceptors (Lipinski definition) is 5. The molecule has 0 spiro atoms. The average molecular weight is 413 g/mol. The molecule has 0 radical (unpaired) electrons. The summed E-state index contributed by atoms with van der Waals surface area (Å²) in [4.78, 5) is 2.38. The molecular formula is C22H28FN5O2. The second kappa shape index (κ2) is 8.97. The maximum Gasteiger partial charge on any atom is 0.165 e. The molecular weight excluding hydrogens is 385 g/mol. The van der Waals surface area contributed by atoms with E-state index < -0.39 is 0 Å². The lowest BCUT2D eigenvalue weighted by Gasteiger charge is -2.31. The highest BCUT2D eigenvalue weighted by molar-refractivity contribution is 5.24. The summed E-state index contributed by atoms with van der Waals surface area (Å²) in [6.45, 7) is 5.64. The lowest BCUT2D eigenvalue weighted by Crippen LogP contribution is -2.38. The molecule has 4 rings (SSSR count). The van der Waals surface area contributed by atoms with E-state index >= 15 is 0 Å². The minimum atomic E-state index is -0.345. The zero-order valence-corrected chi connectivity index (χ0v) is 17.7. The predicted molar refractivity (Wildman–Crippen MR) is 111 cm³/mol. The number of ether oxygens (including phenoxy) is 2. The number of rotatable bonds is 7. The summed E-state index contributed by atoms with van der Waals surface area (Å²) in [6, 6.07) is 8.52. The molecule has 1 saturated heterocycles. The zero-order valence-electron chi connectivity index (χ0n) is 17.7. The van der Waals surface area contributed by atoms with Crippen LogP contribution in [0.3, 0.4) is 0 Å². The van der Waals surface area contributed by atoms with E-state index in [-0.39, 0.29) is 17.7 Å². The van der Waals surface area contributed by atoms with Gasteiger partial charge in [0, 0.05) is 57.6 Å². The van der Waals surface area contributed by atoms with E-state index in [0.29, 0.717) is 19.6 Å². The van der Waals surface area contributed by atoms with Crippen molar-refractivity contribution in [3.05, 3.63) is 65.0 Å². The quantitative estimate of drug-likeness (QED) is 0.596. The van der Waals surface area contributed by atoms with Gasteiger partial charge in [-0.25, -0.2) is 4.39 Å². The number of hydrogen-bond donors (Lipinski definition) is 0. The lowest BCUT2D eigenvalue weighted by atomic mass is 10.1. The van der Waals surface area contributed by atoms with Gasteiger partial charge >= 0.3 is 0 Å². The van der Waals surface area contributed by atoms with Gasteiger partial charge in [0.1, 0.15) is 6.10 Å². The number of nitrogens with zero attached hydrogens (tertiary/aromatic N) is 5. The molecule has 30 heavy (non-hydrogen) atoms. The fourth-order valence-electron chi connectivity index (χ4n) is 3.82. The second-order valence-electron chi connectivity index (χ2n) is 7.72. The highest BCUT2D eigenvalue weighted by Crippen LogP contribution is 2.24. The molecule has 2 aromatic heterocycles. The molecule has 1 aromatic carbocycles. The first-order valence-electron chi connectivity index (χ1n) is 10.2. The topological polar surface area (TPSA) is 57.3 Å². The van der Waals surface area contributed by atoms with Crippen LogP contribution in [0, 0.1) is 12.7 Å². The van der Waals surface area contributed by atoms with Gasteiger partial charge in [-0.1, -0.05) is 12.1 Å². The first-order valence-corrected chi connectivity index (χ1v) is 10.2. The molecule has 3 heterocycles. The SMILES string of the molecule is Cc1nn(C)cc1CN1CCO[C@H](c2cc(CCOc3ccccc3F)n(C)n2)C1. The van der Waals surface area contributed by atoms with Gasteiger partial charge in [0.2, 0.25) is 0 Å². The summed E-state index contributed by atoms with van der Waals surface area (Å²) in [5.41, 5.74) is 4.26. The second-order valence-corrected chi connectivity index (χ2v) is 7.72. The summed E-state index contributed by atoms with van der Waals surface area (Å²) in [6.07, 6.45) is 2.65. The Hall–Kier alpha value is -2.71. The smallest absolute Gasteiger partial charge is 0.165 e. The normalized spacial score (nSPS) is 17.4. The Morgan fingerprint density at radius 3 is 2.83 bits per heavy atom. The Morgan fingerprint density at radius 2 is 2.07 bits per heavy atom. The van der Waals surface area contributed by atoms with E-state index in [2.05, 4.69) is 27.4 Å². The van der Waals surface area contributed by atoms with E-state index in [0.717, 1.165) is 36.7 Å². The third kappa shape index (κ3) is 4.71. The summed E-state index contributed by atoms with van der Waals surface area (Å²) < 4.78 is 29.0. The molecule has 1 fully saturated rings. The zero-order chi connectivity index (χ0) is 21.1. The molecule has 7 nitrogen and oxygen atoms in total. The van der Waals surface area contributed by atoms with Crippen LogP contribution in [0.25, 0.3) is 0 Å². The third-order valence-electron chi connectivity index (χ3n) is 5.44. The molecule has 160 valence electrons. The van der Waals surface area contributed by atoms with Crippen molar-refractivity contribution >= 4 is 0 Å². The van der Waals surface area contributed by atoms with Crippen LogP contribution in [0.15, 0.2) is 36.5 Å². The van der Waals surface area contributed by atoms with Crippen molar-refractivity contribution in [2.75, 3.05) is 26.3 Å². The van der Waals surface area contributed by atoms with E-state index in [1.807, 2.05) is 30.4 Å². The number of aryl methyl sites for hydroxylation is 3. The van der Waals surface area contributed by atoms with Crippen LogP contribution in [-0.4, -0.2) is 50.8 Å². The Morgan fingerprint density at radius 1 is 1.23 bits per heavy atom. The van der Waals surface area contributed by atoms with E-state index in [4.69, 9.17) is 9.47 Å². The Bertz CT molecular complexity index is 999. The molecule has 0 unspecified atom stereocenters. The van der Waals surface area contributed by atoms with Crippen LogP contribution in [-0.2, 0) is 31.8 Å². The average Bonchev–Trinajstić information content (AvgIpc) is 3.25. The van der Waals surface area contributed by atoms with Crippen LogP contribution in [0.4, 0.5) is 4.39 Å². The molecule has 1 aliphatic rings. The van der Waals surface area contributed by atoms with Crippen molar-refractivity contribution in [2.45, 2.75) is 26.0 Å². The number of halogens is 1. The number of benzene rings is 1. The minimum Gasteiger partial charge on any atom is -0.490 e. The van der Waals surface area contributed by atoms with Gasteiger partial charge < -0.3 is 9.47 Å². The first kappa shape index (κ1) is 20.6. The molecule has 0 aliphatic carbocycles. The molecule has 0 saturated carbocycles. The van der Waals surface area contributed by atoms with E-state index in [9.17, 15) is 4.39 Å². The number of morpholine rings is 1. The Balaban J connectivity index is 1.36. The minimum absolute atomic E-state index is 0.0665. The van der Waals surface area contributed by atoms with Crippen molar-refractivity contribution in [1.82, 2.24) is 24.5 Å². The molecule has 8 heteroatoms.